The van der Waals surface area contributed by atoms with E-state index in [1.165, 1.54) is 0 Å². The number of hydrogen-bond donors (Lipinski definition) is 1. The highest BCUT2D eigenvalue weighted by atomic mass is 35.5. The monoisotopic (exact) mass is 354 g/mol. The zero-order chi connectivity index (χ0) is 17.4. The summed E-state index contributed by atoms with van der Waals surface area (Å²) in [6.07, 6.45) is 9.59. The Bertz CT molecular complexity index is 959. The predicted molar refractivity (Wildman–Crippen MR) is 99.5 cm³/mol. The minimum atomic E-state index is -0.00704. The van der Waals surface area contributed by atoms with Gasteiger partial charge in [-0.1, -0.05) is 23.8 Å². The van der Waals surface area contributed by atoms with Gasteiger partial charge in [-0.05, 0) is 37.5 Å². The van der Waals surface area contributed by atoms with Crippen LogP contribution in [0.3, 0.4) is 0 Å². The van der Waals surface area contributed by atoms with Gasteiger partial charge in [0, 0.05) is 35.2 Å². The molecule has 25 heavy (non-hydrogen) atoms. The van der Waals surface area contributed by atoms with Crippen LogP contribution in [0.5, 0.6) is 0 Å². The van der Waals surface area contributed by atoms with Crippen LogP contribution in [0.1, 0.15) is 36.9 Å². The van der Waals surface area contributed by atoms with Gasteiger partial charge >= 0.3 is 0 Å². The molecule has 0 radical (unpaired) electrons. The second-order valence-corrected chi connectivity index (χ2v) is 6.60. The summed E-state index contributed by atoms with van der Waals surface area (Å²) in [7, 11) is 0. The molecule has 0 unspecified atom stereocenters. The number of hydrogen-bond acceptors (Lipinski definition) is 4. The zero-order valence-corrected chi connectivity index (χ0v) is 14.7. The number of halogens is 1. The van der Waals surface area contributed by atoms with Crippen molar-refractivity contribution in [3.8, 4) is 11.1 Å². The van der Waals surface area contributed by atoms with Crippen molar-refractivity contribution in [3.63, 3.8) is 0 Å². The molecule has 0 aromatic carbocycles. The maximum atomic E-state index is 9.28. The first-order valence-electron chi connectivity index (χ1n) is 8.51. The van der Waals surface area contributed by atoms with Crippen molar-refractivity contribution in [2.75, 3.05) is 6.61 Å². The molecular formula is C19H19ClN4O. The van der Waals surface area contributed by atoms with Gasteiger partial charge in [-0.3, -0.25) is 0 Å². The van der Waals surface area contributed by atoms with Crippen molar-refractivity contribution in [1.29, 1.82) is 0 Å². The second kappa shape index (κ2) is 6.58. The molecule has 1 N–H and O–H groups in total. The van der Waals surface area contributed by atoms with Crippen molar-refractivity contribution in [2.45, 2.75) is 32.2 Å². The molecule has 3 aromatic heterocycles. The van der Waals surface area contributed by atoms with Gasteiger partial charge in [0.25, 0.3) is 0 Å². The smallest absolute Gasteiger partial charge is 0.158 e. The highest BCUT2D eigenvalue weighted by molar-refractivity contribution is 6.29. The maximum absolute atomic E-state index is 9.28. The van der Waals surface area contributed by atoms with Gasteiger partial charge in [-0.15, -0.1) is 0 Å². The molecule has 3 heterocycles. The molecule has 1 fully saturated rings. The topological polar surface area (TPSA) is 63.8 Å². The number of aliphatic hydroxyl groups is 1. The number of fused-ring (bicyclic) bond motifs is 1. The highest BCUT2D eigenvalue weighted by Gasteiger charge is 2.30. The van der Waals surface area contributed by atoms with E-state index in [9.17, 15) is 5.11 Å². The van der Waals surface area contributed by atoms with E-state index < -0.39 is 0 Å². The van der Waals surface area contributed by atoms with Crippen LogP contribution in [-0.4, -0.2) is 31.5 Å². The highest BCUT2D eigenvalue weighted by Crippen LogP contribution is 2.45. The van der Waals surface area contributed by atoms with E-state index >= 15 is 0 Å². The van der Waals surface area contributed by atoms with E-state index in [1.807, 2.05) is 29.1 Å². The molecule has 3 aromatic rings. The number of aliphatic hydroxyl groups excluding tert-OH is 1. The molecule has 0 atom stereocenters. The molecule has 0 bridgehead atoms. The minimum absolute atomic E-state index is 0.00704. The van der Waals surface area contributed by atoms with Crippen LogP contribution in [0.4, 0.5) is 0 Å². The molecule has 0 saturated heterocycles. The van der Waals surface area contributed by atoms with Crippen LogP contribution in [0.15, 0.2) is 30.6 Å². The Balaban J connectivity index is 2.08. The van der Waals surface area contributed by atoms with Crippen LogP contribution in [0, 0.1) is 0 Å². The van der Waals surface area contributed by atoms with Gasteiger partial charge in [0.05, 0.1) is 18.5 Å². The summed E-state index contributed by atoms with van der Waals surface area (Å²) < 4.78 is 1.92. The molecule has 1 saturated carbocycles. The van der Waals surface area contributed by atoms with Gasteiger partial charge in [-0.2, -0.15) is 5.10 Å². The lowest BCUT2D eigenvalue weighted by atomic mass is 9.95. The lowest BCUT2D eigenvalue weighted by Gasteiger charge is -2.14. The molecule has 5 nitrogen and oxygen atoms in total. The number of pyridine rings is 2. The van der Waals surface area contributed by atoms with E-state index in [4.69, 9.17) is 16.6 Å². The van der Waals surface area contributed by atoms with Crippen molar-refractivity contribution >= 4 is 28.7 Å². The van der Waals surface area contributed by atoms with Crippen molar-refractivity contribution in [3.05, 3.63) is 47.0 Å². The zero-order valence-electron chi connectivity index (χ0n) is 14.0. The summed E-state index contributed by atoms with van der Waals surface area (Å²) in [6, 6.07) is 3.82. The van der Waals surface area contributed by atoms with Crippen LogP contribution >= 0.6 is 11.6 Å². The first-order valence-corrected chi connectivity index (χ1v) is 8.89. The van der Waals surface area contributed by atoms with Crippen LogP contribution < -0.4 is 0 Å². The average molecular weight is 355 g/mol. The minimum Gasteiger partial charge on any atom is -0.392 e. The van der Waals surface area contributed by atoms with Crippen LogP contribution in [0.25, 0.3) is 28.2 Å². The Hall–Kier alpha value is -2.24. The molecule has 6 heteroatoms. The second-order valence-electron chi connectivity index (χ2n) is 6.21. The van der Waals surface area contributed by atoms with Crippen molar-refractivity contribution < 1.29 is 5.11 Å². The lowest BCUT2D eigenvalue weighted by molar-refractivity contribution is 0.343. The quantitative estimate of drug-likeness (QED) is 0.702. The summed E-state index contributed by atoms with van der Waals surface area (Å²) >= 11 is 6.14. The molecule has 1 aliphatic rings. The average Bonchev–Trinajstić information content (AvgIpc) is 3.38. The van der Waals surface area contributed by atoms with Gasteiger partial charge in [0.2, 0.25) is 0 Å². The number of rotatable bonds is 5. The number of aromatic nitrogens is 4. The van der Waals surface area contributed by atoms with Gasteiger partial charge in [0.15, 0.2) is 5.65 Å². The standard InChI is InChI=1S/C19H19ClN4O/c1-2-24-19-15(11-22-24)17(13-7-8-21-16(20)10-13)14(4-3-9-25)18(23-19)12-5-6-12/h3-4,7-8,10-12,25H,2,5-6,9H2,1H3. The molecule has 0 aliphatic heterocycles. The number of nitrogens with zero attached hydrogens (tertiary/aromatic N) is 4. The van der Waals surface area contributed by atoms with Crippen LogP contribution in [0.2, 0.25) is 5.15 Å². The fourth-order valence-electron chi connectivity index (χ4n) is 3.23. The molecule has 0 spiro atoms. The van der Waals surface area contributed by atoms with E-state index in [0.29, 0.717) is 11.1 Å². The summed E-state index contributed by atoms with van der Waals surface area (Å²) in [5.41, 5.74) is 5.06. The summed E-state index contributed by atoms with van der Waals surface area (Å²) in [5.74, 6) is 0.471. The van der Waals surface area contributed by atoms with Gasteiger partial charge in [0.1, 0.15) is 5.15 Å². The Morgan fingerprint density at radius 1 is 1.40 bits per heavy atom. The third-order valence-electron chi connectivity index (χ3n) is 4.52. The third kappa shape index (κ3) is 2.94. The normalized spacial score (nSPS) is 14.7. The fourth-order valence-corrected chi connectivity index (χ4v) is 3.40. The Labute approximate surface area is 151 Å². The van der Waals surface area contributed by atoms with Crippen molar-refractivity contribution in [2.24, 2.45) is 0 Å². The first kappa shape index (κ1) is 16.2. The maximum Gasteiger partial charge on any atom is 0.158 e. The molecule has 0 amide bonds. The summed E-state index contributed by atoms with van der Waals surface area (Å²) in [4.78, 5) is 9.05. The van der Waals surface area contributed by atoms with Gasteiger partial charge in [-0.25, -0.2) is 14.6 Å². The van der Waals surface area contributed by atoms with E-state index in [-0.39, 0.29) is 6.61 Å². The van der Waals surface area contributed by atoms with E-state index in [0.717, 1.165) is 52.8 Å². The van der Waals surface area contributed by atoms with Crippen LogP contribution in [-0.2, 0) is 6.54 Å². The molecule has 1 aliphatic carbocycles. The Morgan fingerprint density at radius 3 is 2.92 bits per heavy atom. The van der Waals surface area contributed by atoms with Gasteiger partial charge < -0.3 is 5.11 Å². The molecular weight excluding hydrogens is 336 g/mol. The molecule has 4 rings (SSSR count). The van der Waals surface area contributed by atoms with Crippen molar-refractivity contribution in [1.82, 2.24) is 19.7 Å². The SMILES string of the molecule is CCn1ncc2c(-c3ccnc(Cl)c3)c(C=CCO)c(C3CC3)nc21. The largest absolute Gasteiger partial charge is 0.392 e. The van der Waals surface area contributed by atoms with E-state index in [2.05, 4.69) is 17.0 Å². The summed E-state index contributed by atoms with van der Waals surface area (Å²) in [6.45, 7) is 2.82. The number of aryl methyl sites for hydroxylation is 1. The Morgan fingerprint density at radius 2 is 2.24 bits per heavy atom. The predicted octanol–water partition coefficient (Wildman–Crippen LogP) is 4.05. The first-order chi connectivity index (χ1) is 12.2. The third-order valence-corrected chi connectivity index (χ3v) is 4.73. The van der Waals surface area contributed by atoms with E-state index in [1.54, 1.807) is 12.3 Å². The lowest BCUT2D eigenvalue weighted by Crippen LogP contribution is -2.02. The molecule has 128 valence electrons. The Kier molecular flexibility index (Phi) is 4.27. The summed E-state index contributed by atoms with van der Waals surface area (Å²) in [5, 5.41) is 15.2. The fraction of sp³-hybridized carbons (Fsp3) is 0.316.